The molecule has 32 heavy (non-hydrogen) atoms. The van der Waals surface area contributed by atoms with Gasteiger partial charge < -0.3 is 20.3 Å². The van der Waals surface area contributed by atoms with E-state index in [1.165, 1.54) is 4.90 Å². The summed E-state index contributed by atoms with van der Waals surface area (Å²) in [7, 11) is 0. The molecule has 0 fully saturated rings. The lowest BCUT2D eigenvalue weighted by Crippen LogP contribution is -2.55. The number of nitrogens with zero attached hydrogens (tertiary/aromatic N) is 1. The van der Waals surface area contributed by atoms with E-state index in [1.54, 1.807) is 52.0 Å². The molecule has 0 heterocycles. The summed E-state index contributed by atoms with van der Waals surface area (Å²) in [5, 5.41) is 5.50. The molecular formula is C24H35N3O4S. The summed E-state index contributed by atoms with van der Waals surface area (Å²) in [6.45, 7) is 12.8. The summed E-state index contributed by atoms with van der Waals surface area (Å²) >= 11 is 4.24. The second-order valence-electron chi connectivity index (χ2n) is 9.41. The zero-order chi connectivity index (χ0) is 24.7. The van der Waals surface area contributed by atoms with Crippen LogP contribution in [0.15, 0.2) is 24.3 Å². The monoisotopic (exact) mass is 461 g/mol. The molecule has 0 saturated carbocycles. The molecule has 0 aliphatic rings. The lowest BCUT2D eigenvalue weighted by atomic mass is 9.99. The van der Waals surface area contributed by atoms with E-state index in [4.69, 9.17) is 11.2 Å². The number of hydrogen-bond donors (Lipinski definition) is 3. The van der Waals surface area contributed by atoms with Crippen molar-refractivity contribution in [1.82, 2.24) is 15.5 Å². The lowest BCUT2D eigenvalue weighted by Gasteiger charge is -2.35. The third-order valence-corrected chi connectivity index (χ3v) is 4.61. The van der Waals surface area contributed by atoms with E-state index in [1.807, 2.05) is 20.8 Å². The van der Waals surface area contributed by atoms with Crippen LogP contribution in [-0.2, 0) is 14.3 Å². The number of terminal acetylenes is 1. The minimum atomic E-state index is -0.969. The van der Waals surface area contributed by atoms with Crippen molar-refractivity contribution in [2.75, 3.05) is 12.3 Å². The van der Waals surface area contributed by atoms with Crippen molar-refractivity contribution in [1.29, 1.82) is 0 Å². The van der Waals surface area contributed by atoms with Crippen molar-refractivity contribution in [2.45, 2.75) is 71.7 Å². The third-order valence-electron chi connectivity index (χ3n) is 4.25. The van der Waals surface area contributed by atoms with Crippen molar-refractivity contribution in [2.24, 2.45) is 0 Å². The zero-order valence-electron chi connectivity index (χ0n) is 20.0. The van der Waals surface area contributed by atoms with E-state index in [-0.39, 0.29) is 18.2 Å². The van der Waals surface area contributed by atoms with Gasteiger partial charge in [-0.3, -0.25) is 9.59 Å². The van der Waals surface area contributed by atoms with Crippen LogP contribution in [0.1, 0.15) is 65.6 Å². The maximum Gasteiger partial charge on any atom is 0.408 e. The molecule has 0 bridgehead atoms. The van der Waals surface area contributed by atoms with Gasteiger partial charge in [-0.05, 0) is 66.2 Å². The Bertz CT molecular complexity index is 848. The minimum Gasteiger partial charge on any atom is -0.444 e. The minimum absolute atomic E-state index is 0.0399. The van der Waals surface area contributed by atoms with Crippen LogP contribution in [-0.4, -0.2) is 52.3 Å². The van der Waals surface area contributed by atoms with Crippen LogP contribution in [0.5, 0.6) is 0 Å². The zero-order valence-corrected chi connectivity index (χ0v) is 20.9. The number of hydrogen-bond acceptors (Lipinski definition) is 5. The molecule has 3 amide bonds. The van der Waals surface area contributed by atoms with Crippen LogP contribution in [0, 0.1) is 12.3 Å². The average molecular weight is 462 g/mol. The molecular weight excluding hydrogens is 426 g/mol. The summed E-state index contributed by atoms with van der Waals surface area (Å²) in [5.74, 6) is 1.80. The standard InChI is InChI=1S/C24H35N3O4S/c1-9-16-11-13-17(14-12-16)19(20(28)26-23(3,4)5)27(10-2)21(29)18(15-32)25-22(30)31-24(6,7)8/h1,11-14,18-19,32H,10,15H2,2-8H3,(H,25,30)(H,26,28). The Balaban J connectivity index is 3.30. The van der Waals surface area contributed by atoms with Gasteiger partial charge in [0.15, 0.2) is 0 Å². The van der Waals surface area contributed by atoms with Crippen LogP contribution in [0.25, 0.3) is 0 Å². The molecule has 0 saturated heterocycles. The predicted molar refractivity (Wildman–Crippen MR) is 129 cm³/mol. The average Bonchev–Trinajstić information content (AvgIpc) is 2.67. The number of nitrogens with one attached hydrogen (secondary N) is 2. The molecule has 0 spiro atoms. The molecule has 8 heteroatoms. The Morgan fingerprint density at radius 1 is 1.12 bits per heavy atom. The number of likely N-dealkylation sites (N-methyl/N-ethyl adjacent to an activating group) is 1. The fraction of sp³-hybridized carbons (Fsp3) is 0.542. The van der Waals surface area contributed by atoms with Crippen LogP contribution in [0.4, 0.5) is 4.79 Å². The van der Waals surface area contributed by atoms with Crippen LogP contribution in [0.2, 0.25) is 0 Å². The first-order chi connectivity index (χ1) is 14.7. The summed E-state index contributed by atoms with van der Waals surface area (Å²) < 4.78 is 5.26. The van der Waals surface area contributed by atoms with Crippen molar-refractivity contribution in [3.63, 3.8) is 0 Å². The number of carbonyl (C=O) groups excluding carboxylic acids is 3. The first kappa shape index (κ1) is 27.4. The van der Waals surface area contributed by atoms with E-state index in [9.17, 15) is 14.4 Å². The van der Waals surface area contributed by atoms with Gasteiger partial charge >= 0.3 is 6.09 Å². The second kappa shape index (κ2) is 11.3. The van der Waals surface area contributed by atoms with Gasteiger partial charge in [0, 0.05) is 23.4 Å². The van der Waals surface area contributed by atoms with E-state index in [0.29, 0.717) is 11.1 Å². The lowest BCUT2D eigenvalue weighted by molar-refractivity contribution is -0.142. The molecule has 176 valence electrons. The van der Waals surface area contributed by atoms with Gasteiger partial charge in [0.25, 0.3) is 0 Å². The molecule has 1 rings (SSSR count). The van der Waals surface area contributed by atoms with Gasteiger partial charge in [-0.15, -0.1) is 6.42 Å². The molecule has 1 aromatic carbocycles. The number of thiol groups is 1. The molecule has 2 atom stereocenters. The maximum atomic E-state index is 13.4. The number of benzene rings is 1. The second-order valence-corrected chi connectivity index (χ2v) is 9.78. The third kappa shape index (κ3) is 8.46. The molecule has 0 aromatic heterocycles. The van der Waals surface area contributed by atoms with E-state index >= 15 is 0 Å². The molecule has 2 unspecified atom stereocenters. The SMILES string of the molecule is C#Cc1ccc(C(C(=O)NC(C)(C)C)N(CC)C(=O)C(CS)NC(=O)OC(C)(C)C)cc1. The molecule has 1 aromatic rings. The maximum absolute atomic E-state index is 13.4. The number of carbonyl (C=O) groups is 3. The van der Waals surface area contributed by atoms with E-state index in [2.05, 4.69) is 29.2 Å². The van der Waals surface area contributed by atoms with Gasteiger partial charge in [-0.25, -0.2) is 4.79 Å². The highest BCUT2D eigenvalue weighted by molar-refractivity contribution is 7.80. The summed E-state index contributed by atoms with van der Waals surface area (Å²) in [5.41, 5.74) is 0.0509. The van der Waals surface area contributed by atoms with Gasteiger partial charge in [0.1, 0.15) is 17.7 Å². The van der Waals surface area contributed by atoms with Gasteiger partial charge in [0.2, 0.25) is 11.8 Å². The Morgan fingerprint density at radius 2 is 1.69 bits per heavy atom. The number of ether oxygens (including phenoxy) is 1. The Morgan fingerprint density at radius 3 is 2.09 bits per heavy atom. The Labute approximate surface area is 197 Å². The number of rotatable bonds is 7. The molecule has 0 aliphatic heterocycles. The number of amides is 3. The smallest absolute Gasteiger partial charge is 0.408 e. The van der Waals surface area contributed by atoms with Crippen LogP contribution < -0.4 is 10.6 Å². The first-order valence-electron chi connectivity index (χ1n) is 10.5. The largest absolute Gasteiger partial charge is 0.444 e. The normalized spacial score (nSPS) is 13.3. The van der Waals surface area contributed by atoms with E-state index in [0.717, 1.165) is 0 Å². The van der Waals surface area contributed by atoms with Crippen molar-refractivity contribution in [3.05, 3.63) is 35.4 Å². The Hall–Kier alpha value is -2.66. The quantitative estimate of drug-likeness (QED) is 0.430. The fourth-order valence-corrected chi connectivity index (χ4v) is 3.22. The predicted octanol–water partition coefficient (Wildman–Crippen LogP) is 3.30. The fourth-order valence-electron chi connectivity index (χ4n) is 2.97. The van der Waals surface area contributed by atoms with Crippen LogP contribution in [0.3, 0.4) is 0 Å². The molecule has 0 radical (unpaired) electrons. The number of alkyl carbamates (subject to hydrolysis) is 1. The van der Waals surface area contributed by atoms with Crippen molar-refractivity contribution >= 4 is 30.5 Å². The summed E-state index contributed by atoms with van der Waals surface area (Å²) in [6.07, 6.45) is 4.72. The highest BCUT2D eigenvalue weighted by Gasteiger charge is 2.36. The van der Waals surface area contributed by atoms with E-state index < -0.39 is 35.2 Å². The highest BCUT2D eigenvalue weighted by atomic mass is 32.1. The van der Waals surface area contributed by atoms with Gasteiger partial charge in [-0.1, -0.05) is 18.1 Å². The molecule has 7 nitrogen and oxygen atoms in total. The summed E-state index contributed by atoms with van der Waals surface area (Å²) in [6, 6.07) is 5.02. The van der Waals surface area contributed by atoms with Crippen molar-refractivity contribution in [3.8, 4) is 12.3 Å². The summed E-state index contributed by atoms with van der Waals surface area (Å²) in [4.78, 5) is 40.3. The van der Waals surface area contributed by atoms with Crippen molar-refractivity contribution < 1.29 is 19.1 Å². The first-order valence-corrected chi connectivity index (χ1v) is 11.1. The highest BCUT2D eigenvalue weighted by Crippen LogP contribution is 2.24. The van der Waals surface area contributed by atoms with Crippen LogP contribution >= 0.6 is 12.6 Å². The van der Waals surface area contributed by atoms with Gasteiger partial charge in [-0.2, -0.15) is 12.6 Å². The topological polar surface area (TPSA) is 87.7 Å². The Kier molecular flexibility index (Phi) is 9.65. The molecule has 2 N–H and O–H groups in total. The molecule has 0 aliphatic carbocycles. The van der Waals surface area contributed by atoms with Gasteiger partial charge in [0.05, 0.1) is 0 Å².